The topological polar surface area (TPSA) is 62.7 Å². The van der Waals surface area contributed by atoms with Crippen molar-refractivity contribution in [3.8, 4) is 17.2 Å². The molecule has 2 N–H and O–H groups in total. The monoisotopic (exact) mass is 273 g/mol. The molecular weight excluding hydrogens is 258 g/mol. The second kappa shape index (κ2) is 5.35. The van der Waals surface area contributed by atoms with Gasteiger partial charge in [-0.2, -0.15) is 5.26 Å². The maximum atomic E-state index is 9.07. The van der Waals surface area contributed by atoms with Gasteiger partial charge in [0.1, 0.15) is 0 Å². The van der Waals surface area contributed by atoms with E-state index in [1.54, 1.807) is 6.07 Å². The number of rotatable bonds is 2. The zero-order valence-corrected chi connectivity index (χ0v) is 11.8. The molecule has 0 saturated heterocycles. The maximum Gasteiger partial charge on any atom is 0.0991 e. The summed E-state index contributed by atoms with van der Waals surface area (Å²) in [6.07, 6.45) is 1.85. The van der Waals surface area contributed by atoms with E-state index in [0.717, 1.165) is 27.6 Å². The van der Waals surface area contributed by atoms with E-state index in [9.17, 15) is 0 Å². The SMILES string of the molecule is Cc1ccc2c(CN)ncc(-c3cccc(C#N)c3)c2c1. The van der Waals surface area contributed by atoms with E-state index in [1.165, 1.54) is 5.56 Å². The Morgan fingerprint density at radius 2 is 2.00 bits per heavy atom. The van der Waals surface area contributed by atoms with Crippen LogP contribution in [-0.4, -0.2) is 4.98 Å². The fourth-order valence-electron chi connectivity index (χ4n) is 2.56. The summed E-state index contributed by atoms with van der Waals surface area (Å²) in [5, 5.41) is 11.3. The van der Waals surface area contributed by atoms with Gasteiger partial charge >= 0.3 is 0 Å². The summed E-state index contributed by atoms with van der Waals surface area (Å²) in [6.45, 7) is 2.48. The molecule has 1 heterocycles. The van der Waals surface area contributed by atoms with E-state index >= 15 is 0 Å². The van der Waals surface area contributed by atoms with Crippen molar-refractivity contribution in [2.75, 3.05) is 0 Å². The average Bonchev–Trinajstić information content (AvgIpc) is 2.53. The van der Waals surface area contributed by atoms with E-state index in [-0.39, 0.29) is 0 Å². The number of hydrogen-bond donors (Lipinski definition) is 1. The molecule has 0 spiro atoms. The van der Waals surface area contributed by atoms with E-state index in [1.807, 2.05) is 24.4 Å². The Hall–Kier alpha value is -2.70. The van der Waals surface area contributed by atoms with E-state index in [2.05, 4.69) is 36.2 Å². The fourth-order valence-corrected chi connectivity index (χ4v) is 2.56. The lowest BCUT2D eigenvalue weighted by Crippen LogP contribution is -2.01. The quantitative estimate of drug-likeness (QED) is 0.776. The maximum absolute atomic E-state index is 9.07. The number of nitrogens with two attached hydrogens (primary N) is 1. The van der Waals surface area contributed by atoms with Crippen LogP contribution in [0.2, 0.25) is 0 Å². The second-order valence-electron chi connectivity index (χ2n) is 5.06. The summed E-state index contributed by atoms with van der Waals surface area (Å²) >= 11 is 0. The number of aryl methyl sites for hydroxylation is 1. The minimum atomic E-state index is 0.415. The predicted molar refractivity (Wildman–Crippen MR) is 84.5 cm³/mol. The highest BCUT2D eigenvalue weighted by molar-refractivity contribution is 5.97. The van der Waals surface area contributed by atoms with Crippen molar-refractivity contribution in [2.24, 2.45) is 5.73 Å². The van der Waals surface area contributed by atoms with E-state index in [4.69, 9.17) is 11.0 Å². The zero-order chi connectivity index (χ0) is 14.8. The molecule has 3 heteroatoms. The highest BCUT2D eigenvalue weighted by atomic mass is 14.7. The molecule has 3 aromatic rings. The Kier molecular flexibility index (Phi) is 3.39. The first-order valence-corrected chi connectivity index (χ1v) is 6.82. The van der Waals surface area contributed by atoms with Crippen molar-refractivity contribution in [1.29, 1.82) is 5.26 Å². The van der Waals surface area contributed by atoms with Gasteiger partial charge < -0.3 is 5.73 Å². The highest BCUT2D eigenvalue weighted by Crippen LogP contribution is 2.30. The predicted octanol–water partition coefficient (Wildman–Crippen LogP) is 3.54. The molecule has 3 rings (SSSR count). The Morgan fingerprint density at radius 1 is 1.14 bits per heavy atom. The minimum absolute atomic E-state index is 0.415. The average molecular weight is 273 g/mol. The lowest BCUT2D eigenvalue weighted by molar-refractivity contribution is 1.01. The number of aromatic nitrogens is 1. The Morgan fingerprint density at radius 3 is 2.76 bits per heavy atom. The van der Waals surface area contributed by atoms with Crippen LogP contribution in [0.3, 0.4) is 0 Å². The smallest absolute Gasteiger partial charge is 0.0991 e. The first-order valence-electron chi connectivity index (χ1n) is 6.82. The molecule has 1 aromatic heterocycles. The fraction of sp³-hybridized carbons (Fsp3) is 0.111. The number of pyridine rings is 1. The Balaban J connectivity index is 2.32. The standard InChI is InChI=1S/C18H15N3/c1-12-5-6-15-16(7-12)17(11-21-18(15)10-20)14-4-2-3-13(8-14)9-19/h2-8,11H,10,20H2,1H3. The van der Waals surface area contributed by atoms with Gasteiger partial charge in [0.25, 0.3) is 0 Å². The summed E-state index contributed by atoms with van der Waals surface area (Å²) in [5.41, 5.74) is 10.5. The van der Waals surface area contributed by atoms with Crippen LogP contribution in [-0.2, 0) is 6.54 Å². The Labute approximate surface area is 123 Å². The molecule has 0 saturated carbocycles. The van der Waals surface area contributed by atoms with E-state index in [0.29, 0.717) is 12.1 Å². The molecule has 0 aliphatic heterocycles. The number of hydrogen-bond acceptors (Lipinski definition) is 3. The van der Waals surface area contributed by atoms with Gasteiger partial charge in [-0.05, 0) is 30.0 Å². The molecule has 0 bridgehead atoms. The Bertz CT molecular complexity index is 860. The van der Waals surface area contributed by atoms with Crippen molar-refractivity contribution in [2.45, 2.75) is 13.5 Å². The van der Waals surface area contributed by atoms with Crippen LogP contribution >= 0.6 is 0 Å². The number of fused-ring (bicyclic) bond motifs is 1. The summed E-state index contributed by atoms with van der Waals surface area (Å²) < 4.78 is 0. The van der Waals surface area contributed by atoms with Crippen LogP contribution in [0.25, 0.3) is 21.9 Å². The van der Waals surface area contributed by atoms with Gasteiger partial charge in [0.15, 0.2) is 0 Å². The van der Waals surface area contributed by atoms with Crippen molar-refractivity contribution >= 4 is 10.8 Å². The first kappa shape index (κ1) is 13.3. The third-order valence-corrected chi connectivity index (χ3v) is 3.62. The third kappa shape index (κ3) is 2.37. The summed E-state index contributed by atoms with van der Waals surface area (Å²) in [4.78, 5) is 4.48. The molecule has 0 radical (unpaired) electrons. The molecule has 102 valence electrons. The number of nitrogens with zero attached hydrogens (tertiary/aromatic N) is 2. The lowest BCUT2D eigenvalue weighted by atomic mass is 9.97. The summed E-state index contributed by atoms with van der Waals surface area (Å²) in [5.74, 6) is 0. The van der Waals surface area contributed by atoms with Gasteiger partial charge in [0.05, 0.1) is 17.3 Å². The molecule has 0 atom stereocenters. The molecule has 0 aliphatic carbocycles. The molecular formula is C18H15N3. The first-order chi connectivity index (χ1) is 10.2. The van der Waals surface area contributed by atoms with Crippen molar-refractivity contribution < 1.29 is 0 Å². The van der Waals surface area contributed by atoms with Crippen LogP contribution in [0.1, 0.15) is 16.8 Å². The molecule has 2 aromatic carbocycles. The van der Waals surface area contributed by atoms with Crippen LogP contribution in [0.15, 0.2) is 48.7 Å². The van der Waals surface area contributed by atoms with Crippen molar-refractivity contribution in [3.05, 3.63) is 65.5 Å². The molecule has 0 aliphatic rings. The highest BCUT2D eigenvalue weighted by Gasteiger charge is 2.09. The van der Waals surface area contributed by atoms with Gasteiger partial charge in [-0.25, -0.2) is 0 Å². The molecule has 21 heavy (non-hydrogen) atoms. The van der Waals surface area contributed by atoms with Gasteiger partial charge in [-0.3, -0.25) is 4.98 Å². The van der Waals surface area contributed by atoms with Gasteiger partial charge in [0, 0.05) is 23.7 Å². The summed E-state index contributed by atoms with van der Waals surface area (Å²) in [7, 11) is 0. The molecule has 0 fully saturated rings. The number of nitriles is 1. The third-order valence-electron chi connectivity index (χ3n) is 3.62. The van der Waals surface area contributed by atoms with Gasteiger partial charge in [-0.15, -0.1) is 0 Å². The van der Waals surface area contributed by atoms with Crippen LogP contribution in [0, 0.1) is 18.3 Å². The lowest BCUT2D eigenvalue weighted by Gasteiger charge is -2.11. The minimum Gasteiger partial charge on any atom is -0.325 e. The normalized spacial score (nSPS) is 10.5. The van der Waals surface area contributed by atoms with Crippen molar-refractivity contribution in [3.63, 3.8) is 0 Å². The summed E-state index contributed by atoms with van der Waals surface area (Å²) in [6, 6.07) is 16.0. The largest absolute Gasteiger partial charge is 0.325 e. The molecule has 0 amide bonds. The molecule has 0 unspecified atom stereocenters. The van der Waals surface area contributed by atoms with Gasteiger partial charge in [0.2, 0.25) is 0 Å². The van der Waals surface area contributed by atoms with E-state index < -0.39 is 0 Å². The zero-order valence-electron chi connectivity index (χ0n) is 11.8. The van der Waals surface area contributed by atoms with Gasteiger partial charge in [-0.1, -0.05) is 35.9 Å². The van der Waals surface area contributed by atoms with Crippen molar-refractivity contribution in [1.82, 2.24) is 4.98 Å². The van der Waals surface area contributed by atoms with Crippen LogP contribution in [0.5, 0.6) is 0 Å². The number of benzene rings is 2. The second-order valence-corrected chi connectivity index (χ2v) is 5.06. The molecule has 3 nitrogen and oxygen atoms in total. The van der Waals surface area contributed by atoms with Crippen LogP contribution < -0.4 is 5.73 Å². The van der Waals surface area contributed by atoms with Crippen LogP contribution in [0.4, 0.5) is 0 Å².